The first kappa shape index (κ1) is 14.8. The number of rotatable bonds is 3. The van der Waals surface area contributed by atoms with Crippen molar-refractivity contribution in [1.29, 1.82) is 0 Å². The van der Waals surface area contributed by atoms with Crippen LogP contribution in [0.15, 0.2) is 21.5 Å². The molecule has 2 unspecified atom stereocenters. The number of carbonyl (C=O) groups excluding carboxylic acids is 1. The summed E-state index contributed by atoms with van der Waals surface area (Å²) >= 11 is 9.10. The number of benzene rings is 1. The molecule has 0 radical (unpaired) electrons. The third-order valence-electron chi connectivity index (χ3n) is 2.98. The summed E-state index contributed by atoms with van der Waals surface area (Å²) in [5.41, 5.74) is 0.0965. The number of primary sulfonamides is 1. The summed E-state index contributed by atoms with van der Waals surface area (Å²) in [7, 11) is -3.98. The average Bonchev–Trinajstić information content (AvgIpc) is 2.95. The molecule has 0 bridgehead atoms. The summed E-state index contributed by atoms with van der Waals surface area (Å²) < 4.78 is 23.2. The Morgan fingerprint density at radius 3 is 2.58 bits per heavy atom. The highest BCUT2D eigenvalue weighted by Gasteiger charge is 2.34. The van der Waals surface area contributed by atoms with Crippen molar-refractivity contribution < 1.29 is 13.2 Å². The molecule has 0 spiro atoms. The zero-order valence-electron chi connectivity index (χ0n) is 9.98. The Kier molecular flexibility index (Phi) is 3.92. The largest absolute Gasteiger partial charge is 0.349 e. The monoisotopic (exact) mass is 366 g/mol. The van der Waals surface area contributed by atoms with Crippen LogP contribution in [0.3, 0.4) is 0 Å². The molecular formula is C11H12BrClN2O3S. The first-order valence-corrected chi connectivity index (χ1v) is 8.24. The highest BCUT2D eigenvalue weighted by atomic mass is 79.9. The number of hydrogen-bond acceptors (Lipinski definition) is 3. The second kappa shape index (κ2) is 5.05. The fourth-order valence-electron chi connectivity index (χ4n) is 1.71. The molecule has 0 saturated heterocycles. The minimum Gasteiger partial charge on any atom is -0.349 e. The van der Waals surface area contributed by atoms with Crippen LogP contribution in [0.1, 0.15) is 23.7 Å². The Labute approximate surface area is 124 Å². The van der Waals surface area contributed by atoms with Gasteiger partial charge in [-0.3, -0.25) is 4.79 Å². The minimum atomic E-state index is -3.98. The van der Waals surface area contributed by atoms with Crippen LogP contribution in [0.25, 0.3) is 0 Å². The predicted octanol–water partition coefficient (Wildman–Crippen LogP) is 1.89. The van der Waals surface area contributed by atoms with E-state index in [0.717, 1.165) is 6.42 Å². The van der Waals surface area contributed by atoms with Crippen LogP contribution in [-0.2, 0) is 10.0 Å². The molecule has 104 valence electrons. The van der Waals surface area contributed by atoms with Gasteiger partial charge in [0.05, 0.1) is 10.6 Å². The fraction of sp³-hybridized carbons (Fsp3) is 0.364. The first-order chi connectivity index (χ1) is 8.70. The Morgan fingerprint density at radius 2 is 2.11 bits per heavy atom. The van der Waals surface area contributed by atoms with E-state index in [-0.39, 0.29) is 21.5 Å². The predicted molar refractivity (Wildman–Crippen MR) is 75.6 cm³/mol. The van der Waals surface area contributed by atoms with Gasteiger partial charge in [-0.05, 0) is 24.5 Å². The quantitative estimate of drug-likeness (QED) is 0.855. The third kappa shape index (κ3) is 3.28. The zero-order valence-corrected chi connectivity index (χ0v) is 13.1. The van der Waals surface area contributed by atoms with Gasteiger partial charge in [0, 0.05) is 10.5 Å². The molecule has 2 rings (SSSR count). The highest BCUT2D eigenvalue weighted by Crippen LogP contribution is 2.32. The van der Waals surface area contributed by atoms with Crippen LogP contribution in [0.4, 0.5) is 0 Å². The molecule has 19 heavy (non-hydrogen) atoms. The number of nitrogens with two attached hydrogens (primary N) is 1. The van der Waals surface area contributed by atoms with Gasteiger partial charge in [-0.15, -0.1) is 0 Å². The van der Waals surface area contributed by atoms with Crippen molar-refractivity contribution in [1.82, 2.24) is 5.32 Å². The summed E-state index contributed by atoms with van der Waals surface area (Å²) in [6, 6.07) is 2.87. The van der Waals surface area contributed by atoms with Crippen LogP contribution in [0, 0.1) is 5.92 Å². The maximum atomic E-state index is 12.0. The Morgan fingerprint density at radius 1 is 1.53 bits per heavy atom. The second-order valence-corrected chi connectivity index (χ2v) is 7.43. The van der Waals surface area contributed by atoms with Crippen molar-refractivity contribution in [3.05, 3.63) is 27.2 Å². The van der Waals surface area contributed by atoms with Crippen molar-refractivity contribution in [2.45, 2.75) is 24.3 Å². The molecule has 1 saturated carbocycles. The van der Waals surface area contributed by atoms with Gasteiger partial charge >= 0.3 is 0 Å². The summed E-state index contributed by atoms with van der Waals surface area (Å²) in [5.74, 6) is 0.0399. The molecule has 1 aliphatic rings. The standard InChI is InChI=1S/C11H12BrClN2O3S/c1-5-2-8(5)15-11(16)7-3-6(12)4-9(10(7)13)19(14,17)18/h3-5,8H,2H2,1H3,(H,15,16)(H2,14,17,18). The van der Waals surface area contributed by atoms with Crippen molar-refractivity contribution in [3.63, 3.8) is 0 Å². The third-order valence-corrected chi connectivity index (χ3v) is 4.89. The van der Waals surface area contributed by atoms with Gasteiger partial charge in [0.1, 0.15) is 4.90 Å². The number of carbonyl (C=O) groups is 1. The molecule has 3 N–H and O–H groups in total. The van der Waals surface area contributed by atoms with Crippen LogP contribution in [0.5, 0.6) is 0 Å². The van der Waals surface area contributed by atoms with Crippen LogP contribution in [-0.4, -0.2) is 20.4 Å². The van der Waals surface area contributed by atoms with Gasteiger partial charge in [-0.1, -0.05) is 34.5 Å². The lowest BCUT2D eigenvalue weighted by atomic mass is 10.2. The lowest BCUT2D eigenvalue weighted by Gasteiger charge is -2.10. The van der Waals surface area contributed by atoms with E-state index in [2.05, 4.69) is 21.2 Å². The Balaban J connectivity index is 2.40. The van der Waals surface area contributed by atoms with Gasteiger partial charge in [0.25, 0.3) is 5.91 Å². The second-order valence-electron chi connectivity index (χ2n) is 4.60. The van der Waals surface area contributed by atoms with Gasteiger partial charge in [0.15, 0.2) is 0 Å². The number of nitrogens with one attached hydrogen (secondary N) is 1. The molecular weight excluding hydrogens is 356 g/mol. The van der Waals surface area contributed by atoms with Crippen LogP contribution in [0.2, 0.25) is 5.02 Å². The van der Waals surface area contributed by atoms with E-state index in [0.29, 0.717) is 10.4 Å². The number of hydrogen-bond donors (Lipinski definition) is 2. The van der Waals surface area contributed by atoms with E-state index in [4.69, 9.17) is 16.7 Å². The fourth-order valence-corrected chi connectivity index (χ4v) is 3.48. The first-order valence-electron chi connectivity index (χ1n) is 5.53. The topological polar surface area (TPSA) is 89.3 Å². The van der Waals surface area contributed by atoms with E-state index in [9.17, 15) is 13.2 Å². The maximum absolute atomic E-state index is 12.0. The molecule has 8 heteroatoms. The summed E-state index contributed by atoms with van der Waals surface area (Å²) in [6.07, 6.45) is 0.916. The molecule has 0 aromatic heterocycles. The molecule has 5 nitrogen and oxygen atoms in total. The van der Waals surface area contributed by atoms with Gasteiger partial charge in [-0.2, -0.15) is 0 Å². The van der Waals surface area contributed by atoms with E-state index in [1.54, 1.807) is 0 Å². The van der Waals surface area contributed by atoms with Crippen molar-refractivity contribution in [3.8, 4) is 0 Å². The van der Waals surface area contributed by atoms with Gasteiger partial charge in [-0.25, -0.2) is 13.6 Å². The van der Waals surface area contributed by atoms with Crippen molar-refractivity contribution >= 4 is 43.5 Å². The molecule has 2 atom stereocenters. The molecule has 0 heterocycles. The maximum Gasteiger partial charge on any atom is 0.253 e. The molecule has 1 aromatic carbocycles. The SMILES string of the molecule is CC1CC1NC(=O)c1cc(Br)cc(S(N)(=O)=O)c1Cl. The molecule has 1 aliphatic carbocycles. The lowest BCUT2D eigenvalue weighted by Crippen LogP contribution is -2.27. The highest BCUT2D eigenvalue weighted by molar-refractivity contribution is 9.10. The van der Waals surface area contributed by atoms with Crippen molar-refractivity contribution in [2.24, 2.45) is 11.1 Å². The van der Waals surface area contributed by atoms with Crippen molar-refractivity contribution in [2.75, 3.05) is 0 Å². The molecule has 0 aliphatic heterocycles. The van der Waals surface area contributed by atoms with E-state index in [1.807, 2.05) is 6.92 Å². The smallest absolute Gasteiger partial charge is 0.253 e. The molecule has 1 amide bonds. The van der Waals surface area contributed by atoms with E-state index >= 15 is 0 Å². The molecule has 1 aromatic rings. The van der Waals surface area contributed by atoms with Gasteiger partial charge in [0.2, 0.25) is 10.0 Å². The lowest BCUT2D eigenvalue weighted by molar-refractivity contribution is 0.0949. The number of sulfonamides is 1. The van der Waals surface area contributed by atoms with E-state index in [1.165, 1.54) is 12.1 Å². The normalized spacial score (nSPS) is 22.1. The number of halogens is 2. The Hall–Kier alpha value is -0.630. The average molecular weight is 368 g/mol. The van der Waals surface area contributed by atoms with Crippen LogP contribution >= 0.6 is 27.5 Å². The minimum absolute atomic E-state index is 0.0965. The zero-order chi connectivity index (χ0) is 14.4. The Bertz CT molecular complexity index is 648. The summed E-state index contributed by atoms with van der Waals surface area (Å²) in [4.78, 5) is 11.8. The van der Waals surface area contributed by atoms with E-state index < -0.39 is 15.9 Å². The van der Waals surface area contributed by atoms with Crippen LogP contribution < -0.4 is 10.5 Å². The molecule has 1 fully saturated rings. The summed E-state index contributed by atoms with van der Waals surface area (Å²) in [5, 5.41) is 7.70. The summed E-state index contributed by atoms with van der Waals surface area (Å²) in [6.45, 7) is 2.02. The van der Waals surface area contributed by atoms with Gasteiger partial charge < -0.3 is 5.32 Å². The number of amides is 1.